The van der Waals surface area contributed by atoms with Crippen molar-refractivity contribution in [2.45, 2.75) is 25.7 Å². The lowest BCUT2D eigenvalue weighted by atomic mass is 9.99. The first-order valence-corrected chi connectivity index (χ1v) is 6.95. The number of methoxy groups -OCH3 is 1. The van der Waals surface area contributed by atoms with E-state index in [1.54, 1.807) is 7.11 Å². The normalized spacial score (nSPS) is 14.1. The second kappa shape index (κ2) is 7.39. The molecule has 0 fully saturated rings. The second-order valence-corrected chi connectivity index (χ2v) is 4.87. The Morgan fingerprint density at radius 1 is 1.33 bits per heavy atom. The van der Waals surface area contributed by atoms with Gasteiger partial charge >= 0.3 is 0 Å². The summed E-state index contributed by atoms with van der Waals surface area (Å²) in [5.41, 5.74) is 4.26. The van der Waals surface area contributed by atoms with Gasteiger partial charge in [-0.2, -0.15) is 0 Å². The van der Waals surface area contributed by atoms with Crippen LogP contribution in [0.1, 0.15) is 24.0 Å². The zero-order valence-corrected chi connectivity index (χ0v) is 11.3. The molecule has 0 saturated heterocycles. The van der Waals surface area contributed by atoms with E-state index in [9.17, 15) is 0 Å². The number of rotatable bonds is 7. The number of hydrogen-bond acceptors (Lipinski definition) is 3. The number of ether oxygens (including phenoxy) is 1. The zero-order valence-electron chi connectivity index (χ0n) is 11.3. The highest BCUT2D eigenvalue weighted by Crippen LogP contribution is 2.22. The third-order valence-corrected chi connectivity index (χ3v) is 3.40. The van der Waals surface area contributed by atoms with Crippen molar-refractivity contribution in [2.24, 2.45) is 0 Å². The summed E-state index contributed by atoms with van der Waals surface area (Å²) in [6.07, 6.45) is 4.67. The highest BCUT2D eigenvalue weighted by Gasteiger charge is 2.08. The van der Waals surface area contributed by atoms with Crippen LogP contribution in [0.25, 0.3) is 0 Å². The average molecular weight is 248 g/mol. The lowest BCUT2D eigenvalue weighted by Crippen LogP contribution is -2.20. The molecule has 0 unspecified atom stereocenters. The van der Waals surface area contributed by atoms with Crippen molar-refractivity contribution >= 4 is 5.69 Å². The SMILES string of the molecule is COCCCNCCc1ccc2c(c1)CCCN2. The number of nitrogens with one attached hydrogen (secondary N) is 2. The maximum Gasteiger partial charge on any atom is 0.0474 e. The van der Waals surface area contributed by atoms with Gasteiger partial charge in [0.05, 0.1) is 0 Å². The quantitative estimate of drug-likeness (QED) is 0.726. The lowest BCUT2D eigenvalue weighted by Gasteiger charge is -2.18. The summed E-state index contributed by atoms with van der Waals surface area (Å²) in [6, 6.07) is 6.83. The molecule has 0 aliphatic carbocycles. The molecule has 0 saturated carbocycles. The molecule has 1 aromatic carbocycles. The van der Waals surface area contributed by atoms with Crippen LogP contribution in [0.5, 0.6) is 0 Å². The minimum atomic E-state index is 0.845. The molecule has 3 heteroatoms. The first kappa shape index (κ1) is 13.4. The van der Waals surface area contributed by atoms with Crippen molar-refractivity contribution in [3.8, 4) is 0 Å². The standard InChI is InChI=1S/C15H24N2O/c1-18-11-3-8-16-10-7-13-5-6-15-14(12-13)4-2-9-17-15/h5-6,12,16-17H,2-4,7-11H2,1H3. The topological polar surface area (TPSA) is 33.3 Å². The zero-order chi connectivity index (χ0) is 12.6. The minimum Gasteiger partial charge on any atom is -0.385 e. The third kappa shape index (κ3) is 4.00. The van der Waals surface area contributed by atoms with Gasteiger partial charge in [0.2, 0.25) is 0 Å². The van der Waals surface area contributed by atoms with E-state index in [1.807, 2.05) is 0 Å². The lowest BCUT2D eigenvalue weighted by molar-refractivity contribution is 0.194. The summed E-state index contributed by atoms with van der Waals surface area (Å²) < 4.78 is 5.02. The van der Waals surface area contributed by atoms with Crippen molar-refractivity contribution in [2.75, 3.05) is 38.7 Å². The molecule has 18 heavy (non-hydrogen) atoms. The summed E-state index contributed by atoms with van der Waals surface area (Å²) in [6.45, 7) is 4.06. The fraction of sp³-hybridized carbons (Fsp3) is 0.600. The Kier molecular flexibility index (Phi) is 5.49. The fourth-order valence-corrected chi connectivity index (χ4v) is 2.38. The number of benzene rings is 1. The molecule has 1 aromatic rings. The average Bonchev–Trinajstić information content (AvgIpc) is 2.42. The van der Waals surface area contributed by atoms with Gasteiger partial charge in [-0.15, -0.1) is 0 Å². The molecule has 0 aromatic heterocycles. The van der Waals surface area contributed by atoms with E-state index in [0.717, 1.165) is 39.1 Å². The molecule has 1 heterocycles. The summed E-state index contributed by atoms with van der Waals surface area (Å²) in [5.74, 6) is 0. The molecule has 0 bridgehead atoms. The Morgan fingerprint density at radius 2 is 2.28 bits per heavy atom. The van der Waals surface area contributed by atoms with Crippen molar-refractivity contribution in [1.29, 1.82) is 0 Å². The molecule has 0 atom stereocenters. The van der Waals surface area contributed by atoms with Gasteiger partial charge in [-0.1, -0.05) is 12.1 Å². The number of aryl methyl sites for hydroxylation is 1. The molecule has 0 amide bonds. The van der Waals surface area contributed by atoms with Crippen LogP contribution in [-0.4, -0.2) is 33.4 Å². The molecular formula is C15H24N2O. The van der Waals surface area contributed by atoms with Crippen LogP contribution in [0, 0.1) is 0 Å². The van der Waals surface area contributed by atoms with Gasteiger partial charge in [-0.05, 0) is 56.0 Å². The summed E-state index contributed by atoms with van der Waals surface area (Å²) in [7, 11) is 1.75. The van der Waals surface area contributed by atoms with E-state index in [-0.39, 0.29) is 0 Å². The van der Waals surface area contributed by atoms with E-state index in [4.69, 9.17) is 4.74 Å². The number of fused-ring (bicyclic) bond motifs is 1. The number of hydrogen-bond donors (Lipinski definition) is 2. The van der Waals surface area contributed by atoms with Crippen LogP contribution in [0.3, 0.4) is 0 Å². The Hall–Kier alpha value is -1.06. The van der Waals surface area contributed by atoms with Gasteiger partial charge in [0.1, 0.15) is 0 Å². The van der Waals surface area contributed by atoms with E-state index < -0.39 is 0 Å². The van der Waals surface area contributed by atoms with Crippen LogP contribution in [-0.2, 0) is 17.6 Å². The summed E-state index contributed by atoms with van der Waals surface area (Å²) in [4.78, 5) is 0. The van der Waals surface area contributed by atoms with Gasteiger partial charge in [-0.3, -0.25) is 0 Å². The predicted molar refractivity (Wildman–Crippen MR) is 76.3 cm³/mol. The smallest absolute Gasteiger partial charge is 0.0474 e. The van der Waals surface area contributed by atoms with Crippen LogP contribution in [0.15, 0.2) is 18.2 Å². The van der Waals surface area contributed by atoms with Crippen molar-refractivity contribution in [3.63, 3.8) is 0 Å². The Labute approximate surface area is 110 Å². The highest BCUT2D eigenvalue weighted by molar-refractivity contribution is 5.54. The minimum absolute atomic E-state index is 0.845. The molecule has 1 aliphatic heterocycles. The fourth-order valence-electron chi connectivity index (χ4n) is 2.38. The largest absolute Gasteiger partial charge is 0.385 e. The van der Waals surface area contributed by atoms with E-state index in [0.29, 0.717) is 0 Å². The third-order valence-electron chi connectivity index (χ3n) is 3.40. The maximum atomic E-state index is 5.02. The Bertz CT molecular complexity index is 366. The first-order valence-electron chi connectivity index (χ1n) is 6.95. The van der Waals surface area contributed by atoms with Gasteiger partial charge < -0.3 is 15.4 Å². The molecule has 1 aliphatic rings. The summed E-state index contributed by atoms with van der Waals surface area (Å²) in [5, 5.41) is 6.90. The van der Waals surface area contributed by atoms with Crippen molar-refractivity contribution in [1.82, 2.24) is 5.32 Å². The van der Waals surface area contributed by atoms with Crippen LogP contribution in [0.4, 0.5) is 5.69 Å². The molecule has 3 nitrogen and oxygen atoms in total. The van der Waals surface area contributed by atoms with Crippen LogP contribution < -0.4 is 10.6 Å². The van der Waals surface area contributed by atoms with Crippen molar-refractivity contribution in [3.05, 3.63) is 29.3 Å². The molecule has 0 spiro atoms. The summed E-state index contributed by atoms with van der Waals surface area (Å²) >= 11 is 0. The van der Waals surface area contributed by atoms with E-state index in [2.05, 4.69) is 28.8 Å². The van der Waals surface area contributed by atoms with Crippen LogP contribution in [0.2, 0.25) is 0 Å². The van der Waals surface area contributed by atoms with E-state index in [1.165, 1.54) is 29.7 Å². The first-order chi connectivity index (χ1) is 8.90. The Morgan fingerprint density at radius 3 is 3.17 bits per heavy atom. The second-order valence-electron chi connectivity index (χ2n) is 4.87. The van der Waals surface area contributed by atoms with Crippen LogP contribution >= 0.6 is 0 Å². The van der Waals surface area contributed by atoms with E-state index >= 15 is 0 Å². The van der Waals surface area contributed by atoms with Gasteiger partial charge in [0, 0.05) is 25.9 Å². The van der Waals surface area contributed by atoms with Gasteiger partial charge in [0.15, 0.2) is 0 Å². The molecule has 2 N–H and O–H groups in total. The van der Waals surface area contributed by atoms with Crippen molar-refractivity contribution < 1.29 is 4.74 Å². The molecule has 100 valence electrons. The molecule has 0 radical (unpaired) electrons. The molecular weight excluding hydrogens is 224 g/mol. The Balaban J connectivity index is 1.72. The maximum absolute atomic E-state index is 5.02. The number of anilines is 1. The van der Waals surface area contributed by atoms with Gasteiger partial charge in [-0.25, -0.2) is 0 Å². The predicted octanol–water partition coefficient (Wildman–Crippen LogP) is 2.21. The monoisotopic (exact) mass is 248 g/mol. The van der Waals surface area contributed by atoms with Gasteiger partial charge in [0.25, 0.3) is 0 Å². The molecule has 2 rings (SSSR count). The highest BCUT2D eigenvalue weighted by atomic mass is 16.5.